The molecule has 7 nitrogen and oxygen atoms in total. The normalized spacial score (nSPS) is 14.1. The van der Waals surface area contributed by atoms with Crippen molar-refractivity contribution in [2.24, 2.45) is 0 Å². The molecule has 3 N–H and O–H groups in total. The summed E-state index contributed by atoms with van der Waals surface area (Å²) in [6.07, 6.45) is 1.57. The molecule has 1 aromatic carbocycles. The summed E-state index contributed by atoms with van der Waals surface area (Å²) in [5.41, 5.74) is 3.07. The van der Waals surface area contributed by atoms with Gasteiger partial charge in [0.2, 0.25) is 0 Å². The molecule has 1 aliphatic heterocycles. The van der Waals surface area contributed by atoms with E-state index in [1.54, 1.807) is 12.1 Å². The second-order valence-corrected chi connectivity index (χ2v) is 6.05. The predicted molar refractivity (Wildman–Crippen MR) is 91.9 cm³/mol. The smallest absolute Gasteiger partial charge is 0.309 e. The number of hydrogen-bond acceptors (Lipinski definition) is 5. The molecule has 0 unspecified atom stereocenters. The first-order valence-corrected chi connectivity index (χ1v) is 8.15. The Balaban J connectivity index is 1.49. The molecule has 3 rings (SSSR count). The van der Waals surface area contributed by atoms with Crippen LogP contribution in [0.5, 0.6) is 0 Å². The Morgan fingerprint density at radius 1 is 1.28 bits per heavy atom. The number of benzene rings is 1. The van der Waals surface area contributed by atoms with E-state index in [0.29, 0.717) is 5.76 Å². The van der Waals surface area contributed by atoms with Crippen LogP contribution in [0, 0.1) is 0 Å². The van der Waals surface area contributed by atoms with Gasteiger partial charge in [0.25, 0.3) is 0 Å². The Bertz CT molecular complexity index is 758. The summed E-state index contributed by atoms with van der Waals surface area (Å²) >= 11 is 0. The summed E-state index contributed by atoms with van der Waals surface area (Å²) in [6.45, 7) is 1.07. The van der Waals surface area contributed by atoms with Crippen molar-refractivity contribution < 1.29 is 19.1 Å². The van der Waals surface area contributed by atoms with Gasteiger partial charge in [-0.05, 0) is 35.7 Å². The van der Waals surface area contributed by atoms with Crippen LogP contribution in [0.2, 0.25) is 0 Å². The SMILES string of the molecule is CN1CCc2cc([C@@H](O)CNC(=O)C(=O)NCc3ccco3)ccc21. The number of fused-ring (bicyclic) bond motifs is 1. The quantitative estimate of drug-likeness (QED) is 0.696. The van der Waals surface area contributed by atoms with Crippen LogP contribution in [0.4, 0.5) is 5.69 Å². The van der Waals surface area contributed by atoms with Crippen LogP contribution in [0.1, 0.15) is 23.0 Å². The van der Waals surface area contributed by atoms with Crippen molar-refractivity contribution in [1.82, 2.24) is 10.6 Å². The number of nitrogens with zero attached hydrogens (tertiary/aromatic N) is 1. The van der Waals surface area contributed by atoms with E-state index >= 15 is 0 Å². The number of furan rings is 1. The lowest BCUT2D eigenvalue weighted by molar-refractivity contribution is -0.139. The molecule has 1 atom stereocenters. The average molecular weight is 343 g/mol. The lowest BCUT2D eigenvalue weighted by Crippen LogP contribution is -2.41. The number of likely N-dealkylation sites (N-methyl/N-ethyl adjacent to an activating group) is 1. The number of anilines is 1. The van der Waals surface area contributed by atoms with Gasteiger partial charge < -0.3 is 25.1 Å². The van der Waals surface area contributed by atoms with E-state index in [-0.39, 0.29) is 13.1 Å². The average Bonchev–Trinajstić information content (AvgIpc) is 3.27. The molecule has 132 valence electrons. The predicted octanol–water partition coefficient (Wildman–Crippen LogP) is 0.738. The Morgan fingerprint density at radius 3 is 2.84 bits per heavy atom. The molecule has 2 aromatic rings. The van der Waals surface area contributed by atoms with Gasteiger partial charge in [-0.25, -0.2) is 0 Å². The van der Waals surface area contributed by atoms with Gasteiger partial charge in [0.05, 0.1) is 18.9 Å². The topological polar surface area (TPSA) is 94.8 Å². The first kappa shape index (κ1) is 17.0. The van der Waals surface area contributed by atoms with Crippen molar-refractivity contribution in [3.63, 3.8) is 0 Å². The Hall–Kier alpha value is -2.80. The molecule has 0 bridgehead atoms. The molecule has 1 aromatic heterocycles. The highest BCUT2D eigenvalue weighted by atomic mass is 16.3. The minimum absolute atomic E-state index is 0.0262. The summed E-state index contributed by atoms with van der Waals surface area (Å²) in [5.74, 6) is -0.991. The molecule has 0 radical (unpaired) electrons. The third kappa shape index (κ3) is 4.00. The van der Waals surface area contributed by atoms with Gasteiger partial charge in [0.15, 0.2) is 0 Å². The van der Waals surface area contributed by atoms with Crippen LogP contribution < -0.4 is 15.5 Å². The molecule has 0 fully saturated rings. The maximum atomic E-state index is 11.8. The Kier molecular flexibility index (Phi) is 5.04. The van der Waals surface area contributed by atoms with Gasteiger partial charge in [0.1, 0.15) is 5.76 Å². The number of aliphatic hydroxyl groups is 1. The highest BCUT2D eigenvalue weighted by Crippen LogP contribution is 2.29. The van der Waals surface area contributed by atoms with Gasteiger partial charge in [-0.3, -0.25) is 9.59 Å². The molecule has 2 amide bonds. The van der Waals surface area contributed by atoms with E-state index in [0.717, 1.165) is 24.2 Å². The van der Waals surface area contributed by atoms with Gasteiger partial charge in [-0.15, -0.1) is 0 Å². The zero-order valence-electron chi connectivity index (χ0n) is 14.0. The van der Waals surface area contributed by atoms with Gasteiger partial charge >= 0.3 is 11.8 Å². The maximum absolute atomic E-state index is 11.8. The highest BCUT2D eigenvalue weighted by Gasteiger charge is 2.19. The monoisotopic (exact) mass is 343 g/mol. The number of amides is 2. The van der Waals surface area contributed by atoms with Crippen LogP contribution in [0.3, 0.4) is 0 Å². The van der Waals surface area contributed by atoms with Crippen LogP contribution in [-0.4, -0.2) is 37.1 Å². The molecule has 0 aliphatic carbocycles. The van der Waals surface area contributed by atoms with E-state index in [9.17, 15) is 14.7 Å². The minimum atomic E-state index is -0.863. The van der Waals surface area contributed by atoms with Crippen LogP contribution in [0.15, 0.2) is 41.0 Å². The van der Waals surface area contributed by atoms with Crippen molar-refractivity contribution in [3.05, 3.63) is 53.5 Å². The summed E-state index contributed by atoms with van der Waals surface area (Å²) in [6, 6.07) is 9.17. The summed E-state index contributed by atoms with van der Waals surface area (Å²) in [7, 11) is 2.03. The molecule has 0 spiro atoms. The number of rotatable bonds is 5. The van der Waals surface area contributed by atoms with E-state index in [2.05, 4.69) is 15.5 Å². The number of nitrogens with one attached hydrogen (secondary N) is 2. The molecule has 2 heterocycles. The maximum Gasteiger partial charge on any atom is 0.309 e. The second-order valence-electron chi connectivity index (χ2n) is 6.05. The van der Waals surface area contributed by atoms with E-state index < -0.39 is 17.9 Å². The molecule has 0 saturated carbocycles. The Labute approximate surface area is 145 Å². The zero-order chi connectivity index (χ0) is 17.8. The number of aliphatic hydroxyl groups excluding tert-OH is 1. The van der Waals surface area contributed by atoms with Gasteiger partial charge in [-0.2, -0.15) is 0 Å². The van der Waals surface area contributed by atoms with Gasteiger partial charge in [-0.1, -0.05) is 12.1 Å². The molecule has 0 saturated heterocycles. The van der Waals surface area contributed by atoms with Crippen LogP contribution in [0.25, 0.3) is 0 Å². The first-order chi connectivity index (χ1) is 12.0. The van der Waals surface area contributed by atoms with Gasteiger partial charge in [0, 0.05) is 25.8 Å². The summed E-state index contributed by atoms with van der Waals surface area (Å²) in [5, 5.41) is 15.2. The van der Waals surface area contributed by atoms with E-state index in [1.165, 1.54) is 11.8 Å². The summed E-state index contributed by atoms with van der Waals surface area (Å²) < 4.78 is 5.07. The first-order valence-electron chi connectivity index (χ1n) is 8.15. The van der Waals surface area contributed by atoms with Crippen molar-refractivity contribution in [1.29, 1.82) is 0 Å². The highest BCUT2D eigenvalue weighted by molar-refractivity contribution is 6.35. The van der Waals surface area contributed by atoms with Crippen molar-refractivity contribution >= 4 is 17.5 Å². The van der Waals surface area contributed by atoms with Crippen LogP contribution >= 0.6 is 0 Å². The van der Waals surface area contributed by atoms with Crippen molar-refractivity contribution in [3.8, 4) is 0 Å². The lowest BCUT2D eigenvalue weighted by Gasteiger charge is -2.15. The zero-order valence-corrected chi connectivity index (χ0v) is 14.0. The minimum Gasteiger partial charge on any atom is -0.467 e. The fourth-order valence-electron chi connectivity index (χ4n) is 2.84. The van der Waals surface area contributed by atoms with E-state index in [1.807, 2.05) is 25.2 Å². The fourth-order valence-corrected chi connectivity index (χ4v) is 2.84. The van der Waals surface area contributed by atoms with E-state index in [4.69, 9.17) is 4.42 Å². The summed E-state index contributed by atoms with van der Waals surface area (Å²) in [4.78, 5) is 25.7. The van der Waals surface area contributed by atoms with Crippen LogP contribution in [-0.2, 0) is 22.6 Å². The second kappa shape index (κ2) is 7.40. The molecular weight excluding hydrogens is 322 g/mol. The third-order valence-corrected chi connectivity index (χ3v) is 4.28. The number of carbonyl (C=O) groups is 2. The molecule has 25 heavy (non-hydrogen) atoms. The standard InChI is InChI=1S/C18H21N3O4/c1-21-7-6-12-9-13(4-5-15(12)21)16(22)11-20-18(24)17(23)19-10-14-3-2-8-25-14/h2-5,8-9,16,22H,6-7,10-11H2,1H3,(H,19,23)(H,20,24)/t16-/m0/s1. The number of hydrogen-bond donors (Lipinski definition) is 3. The number of carbonyl (C=O) groups excluding carboxylic acids is 2. The lowest BCUT2D eigenvalue weighted by atomic mass is 10.0. The Morgan fingerprint density at radius 2 is 2.08 bits per heavy atom. The van der Waals surface area contributed by atoms with Crippen molar-refractivity contribution in [2.75, 3.05) is 25.0 Å². The molecule has 1 aliphatic rings. The van der Waals surface area contributed by atoms with Crippen molar-refractivity contribution in [2.45, 2.75) is 19.1 Å². The fraction of sp³-hybridized carbons (Fsp3) is 0.333. The largest absolute Gasteiger partial charge is 0.467 e. The third-order valence-electron chi connectivity index (χ3n) is 4.28. The molecular formula is C18H21N3O4. The molecule has 7 heteroatoms.